The number of carbonyl (C=O) groups excluding carboxylic acids is 1. The third-order valence-corrected chi connectivity index (χ3v) is 4.64. The Balaban J connectivity index is 1.64. The maximum Gasteiger partial charge on any atom is 0.254 e. The van der Waals surface area contributed by atoms with Crippen LogP contribution < -0.4 is 5.73 Å². The molecule has 1 aromatic carbocycles. The fraction of sp³-hybridized carbons (Fsp3) is 0.562. The minimum absolute atomic E-state index is 0.00944. The Labute approximate surface area is 125 Å². The summed E-state index contributed by atoms with van der Waals surface area (Å²) in [5, 5.41) is 9.64. The second-order valence-electron chi connectivity index (χ2n) is 6.06. The first-order valence-corrected chi connectivity index (χ1v) is 7.77. The van der Waals surface area contributed by atoms with Crippen molar-refractivity contribution in [3.63, 3.8) is 0 Å². The molecule has 114 valence electrons. The quantitative estimate of drug-likeness (QED) is 0.642. The van der Waals surface area contributed by atoms with Crippen LogP contribution in [0, 0.1) is 0 Å². The van der Waals surface area contributed by atoms with Gasteiger partial charge in [0.1, 0.15) is 5.75 Å². The number of nitrogens with two attached hydrogens (primary N) is 1. The van der Waals surface area contributed by atoms with E-state index in [4.69, 9.17) is 5.73 Å². The predicted molar refractivity (Wildman–Crippen MR) is 82.3 cm³/mol. The highest BCUT2D eigenvalue weighted by Gasteiger charge is 2.31. The van der Waals surface area contributed by atoms with E-state index in [0.717, 1.165) is 32.6 Å². The van der Waals surface area contributed by atoms with Gasteiger partial charge in [0.25, 0.3) is 5.91 Å². The number of hydrogen-bond donors (Lipinski definition) is 2. The van der Waals surface area contributed by atoms with Crippen molar-refractivity contribution >= 4 is 11.6 Å². The van der Waals surface area contributed by atoms with Gasteiger partial charge in [-0.2, -0.15) is 0 Å². The van der Waals surface area contributed by atoms with Gasteiger partial charge in [0.05, 0.1) is 5.69 Å². The van der Waals surface area contributed by atoms with Crippen LogP contribution in [0.3, 0.4) is 0 Å². The van der Waals surface area contributed by atoms with Crippen LogP contribution in [0.15, 0.2) is 18.2 Å². The Bertz CT molecular complexity index is 526. The summed E-state index contributed by atoms with van der Waals surface area (Å²) in [7, 11) is 0. The number of benzene rings is 1. The van der Waals surface area contributed by atoms with Gasteiger partial charge in [0.15, 0.2) is 0 Å². The Hall–Kier alpha value is -1.75. The number of likely N-dealkylation sites (tertiary alicyclic amines) is 2. The van der Waals surface area contributed by atoms with E-state index in [-0.39, 0.29) is 11.7 Å². The molecule has 1 unspecified atom stereocenters. The lowest BCUT2D eigenvalue weighted by atomic mass is 10.1. The van der Waals surface area contributed by atoms with Crippen LogP contribution in [0.4, 0.5) is 5.69 Å². The van der Waals surface area contributed by atoms with Crippen molar-refractivity contribution in [2.24, 2.45) is 0 Å². The number of nitrogens with zero attached hydrogens (tertiary/aromatic N) is 2. The van der Waals surface area contributed by atoms with Crippen LogP contribution in [0.1, 0.15) is 36.0 Å². The van der Waals surface area contributed by atoms with Gasteiger partial charge in [-0.15, -0.1) is 0 Å². The predicted octanol–water partition coefficient (Wildman–Crippen LogP) is 1.67. The molecule has 2 heterocycles. The monoisotopic (exact) mass is 289 g/mol. The minimum Gasteiger partial charge on any atom is -0.506 e. The number of rotatable bonds is 2. The van der Waals surface area contributed by atoms with E-state index in [2.05, 4.69) is 4.90 Å². The molecule has 1 atom stereocenters. The number of amides is 1. The van der Waals surface area contributed by atoms with Gasteiger partial charge in [-0.25, -0.2) is 0 Å². The number of phenols is 1. The topological polar surface area (TPSA) is 69.8 Å². The van der Waals surface area contributed by atoms with Crippen LogP contribution >= 0.6 is 0 Å². The van der Waals surface area contributed by atoms with Crippen molar-refractivity contribution < 1.29 is 9.90 Å². The van der Waals surface area contributed by atoms with E-state index >= 15 is 0 Å². The number of carbonyl (C=O) groups is 1. The lowest BCUT2D eigenvalue weighted by molar-refractivity contribution is 0.0771. The van der Waals surface area contributed by atoms with Gasteiger partial charge >= 0.3 is 0 Å². The fourth-order valence-corrected chi connectivity index (χ4v) is 3.37. The zero-order valence-electron chi connectivity index (χ0n) is 12.3. The zero-order valence-corrected chi connectivity index (χ0v) is 12.3. The average Bonchev–Trinajstić information content (AvgIpc) is 3.00. The van der Waals surface area contributed by atoms with E-state index in [1.54, 1.807) is 12.1 Å². The lowest BCUT2D eigenvalue weighted by Gasteiger charge is -2.32. The molecule has 2 aliphatic heterocycles. The Morgan fingerprint density at radius 1 is 1.19 bits per heavy atom. The smallest absolute Gasteiger partial charge is 0.254 e. The first-order valence-electron chi connectivity index (χ1n) is 7.77. The molecule has 0 saturated carbocycles. The molecule has 2 saturated heterocycles. The van der Waals surface area contributed by atoms with Crippen molar-refractivity contribution in [1.82, 2.24) is 9.80 Å². The summed E-state index contributed by atoms with van der Waals surface area (Å²) in [5.74, 6) is -0.0302. The molecule has 3 N–H and O–H groups in total. The zero-order chi connectivity index (χ0) is 14.8. The van der Waals surface area contributed by atoms with E-state index < -0.39 is 0 Å². The maximum atomic E-state index is 12.5. The van der Waals surface area contributed by atoms with Crippen LogP contribution in [-0.4, -0.2) is 53.0 Å². The number of piperidine rings is 1. The average molecular weight is 289 g/mol. The molecule has 0 bridgehead atoms. The second-order valence-corrected chi connectivity index (χ2v) is 6.06. The van der Waals surface area contributed by atoms with E-state index in [1.165, 1.54) is 25.3 Å². The molecule has 0 aliphatic carbocycles. The largest absolute Gasteiger partial charge is 0.506 e. The Morgan fingerprint density at radius 2 is 1.95 bits per heavy atom. The van der Waals surface area contributed by atoms with Gasteiger partial charge in [0, 0.05) is 24.7 Å². The molecule has 2 fully saturated rings. The van der Waals surface area contributed by atoms with Crippen molar-refractivity contribution in [3.05, 3.63) is 23.8 Å². The first kappa shape index (κ1) is 14.2. The molecule has 5 nitrogen and oxygen atoms in total. The van der Waals surface area contributed by atoms with Gasteiger partial charge in [0.2, 0.25) is 0 Å². The number of nitrogen functional groups attached to an aromatic ring is 1. The van der Waals surface area contributed by atoms with Gasteiger partial charge in [-0.1, -0.05) is 6.42 Å². The molecule has 3 rings (SSSR count). The number of anilines is 1. The van der Waals surface area contributed by atoms with Crippen molar-refractivity contribution in [2.45, 2.75) is 31.7 Å². The first-order chi connectivity index (χ1) is 10.1. The van der Waals surface area contributed by atoms with Crippen LogP contribution in [0.2, 0.25) is 0 Å². The SMILES string of the molecule is Nc1ccc(C(=O)N2CCC(N3CCCCC3)C2)cc1O. The third-order valence-electron chi connectivity index (χ3n) is 4.64. The normalized spacial score (nSPS) is 23.4. The Kier molecular flexibility index (Phi) is 4.01. The summed E-state index contributed by atoms with van der Waals surface area (Å²) in [6.45, 7) is 3.92. The van der Waals surface area contributed by atoms with Crippen molar-refractivity contribution in [2.75, 3.05) is 31.9 Å². The second kappa shape index (κ2) is 5.93. The molecule has 21 heavy (non-hydrogen) atoms. The molecular formula is C16H23N3O2. The fourth-order valence-electron chi connectivity index (χ4n) is 3.37. The van der Waals surface area contributed by atoms with Crippen molar-refractivity contribution in [3.8, 4) is 5.75 Å². The van der Waals surface area contributed by atoms with E-state index in [1.807, 2.05) is 4.90 Å². The van der Waals surface area contributed by atoms with Crippen molar-refractivity contribution in [1.29, 1.82) is 0 Å². The number of phenolic OH excluding ortho intramolecular Hbond substituents is 1. The molecule has 0 spiro atoms. The summed E-state index contributed by atoms with van der Waals surface area (Å²) < 4.78 is 0. The standard InChI is InChI=1S/C16H23N3O2/c17-14-5-4-12(10-15(14)20)16(21)19-9-6-13(11-19)18-7-2-1-3-8-18/h4-5,10,13,20H,1-3,6-9,11,17H2. The van der Waals surface area contributed by atoms with E-state index in [0.29, 0.717) is 17.3 Å². The third kappa shape index (κ3) is 2.97. The molecule has 0 radical (unpaired) electrons. The van der Waals surface area contributed by atoms with Gasteiger partial charge in [-0.05, 0) is 50.6 Å². The molecular weight excluding hydrogens is 266 g/mol. The van der Waals surface area contributed by atoms with Gasteiger partial charge < -0.3 is 15.7 Å². The van der Waals surface area contributed by atoms with Gasteiger partial charge in [-0.3, -0.25) is 9.69 Å². The van der Waals surface area contributed by atoms with Crippen LogP contribution in [0.5, 0.6) is 5.75 Å². The summed E-state index contributed by atoms with van der Waals surface area (Å²) in [6, 6.07) is 5.23. The summed E-state index contributed by atoms with van der Waals surface area (Å²) in [6.07, 6.45) is 4.93. The molecule has 2 aliphatic rings. The molecule has 1 aromatic rings. The Morgan fingerprint density at radius 3 is 2.67 bits per heavy atom. The maximum absolute atomic E-state index is 12.5. The van der Waals surface area contributed by atoms with E-state index in [9.17, 15) is 9.90 Å². The number of hydrogen-bond acceptors (Lipinski definition) is 4. The summed E-state index contributed by atoms with van der Waals surface area (Å²) in [5.41, 5.74) is 6.40. The molecule has 5 heteroatoms. The highest BCUT2D eigenvalue weighted by molar-refractivity contribution is 5.95. The molecule has 0 aromatic heterocycles. The number of aromatic hydroxyl groups is 1. The lowest BCUT2D eigenvalue weighted by Crippen LogP contribution is -2.41. The molecule has 1 amide bonds. The summed E-state index contributed by atoms with van der Waals surface area (Å²) in [4.78, 5) is 16.9. The summed E-state index contributed by atoms with van der Waals surface area (Å²) >= 11 is 0. The highest BCUT2D eigenvalue weighted by Crippen LogP contribution is 2.24. The highest BCUT2D eigenvalue weighted by atomic mass is 16.3. The van der Waals surface area contributed by atoms with Crippen LogP contribution in [-0.2, 0) is 0 Å². The van der Waals surface area contributed by atoms with Crippen LogP contribution in [0.25, 0.3) is 0 Å². The minimum atomic E-state index is -0.0207.